The van der Waals surface area contributed by atoms with E-state index in [9.17, 15) is 4.79 Å². The first-order valence-electron chi connectivity index (χ1n) is 7.94. The third-order valence-corrected chi connectivity index (χ3v) is 4.83. The Bertz CT molecular complexity index is 675. The van der Waals surface area contributed by atoms with Gasteiger partial charge >= 0.3 is 0 Å². The summed E-state index contributed by atoms with van der Waals surface area (Å²) in [5.74, 6) is 1.15. The zero-order valence-corrected chi connectivity index (χ0v) is 14.2. The highest BCUT2D eigenvalue weighted by atomic mass is 35.5. The van der Waals surface area contributed by atoms with Gasteiger partial charge in [0, 0.05) is 37.5 Å². The molecule has 3 rings (SSSR count). The Balaban J connectivity index is 1.60. The smallest absolute Gasteiger partial charge is 0.229 e. The molecular formula is C16H21ClN4O2. The summed E-state index contributed by atoms with van der Waals surface area (Å²) in [6, 6.07) is 0.316. The van der Waals surface area contributed by atoms with Crippen LogP contribution in [-0.4, -0.2) is 38.6 Å². The summed E-state index contributed by atoms with van der Waals surface area (Å²) in [4.78, 5) is 18.8. The van der Waals surface area contributed by atoms with Gasteiger partial charge in [0.1, 0.15) is 5.82 Å². The molecule has 1 aliphatic heterocycles. The number of halogens is 1. The Hall–Kier alpha value is -1.82. The number of hydrogen-bond donors (Lipinski definition) is 0. The van der Waals surface area contributed by atoms with Crippen LogP contribution >= 0.6 is 11.6 Å². The van der Waals surface area contributed by atoms with Crippen molar-refractivity contribution in [2.24, 2.45) is 0 Å². The number of rotatable bonds is 4. The molecule has 0 unspecified atom stereocenters. The second-order valence-electron chi connectivity index (χ2n) is 6.04. The number of aryl methyl sites for hydroxylation is 2. The maximum atomic E-state index is 12.5. The van der Waals surface area contributed by atoms with Gasteiger partial charge in [-0.3, -0.25) is 4.79 Å². The minimum atomic E-state index is 0.157. The topological polar surface area (TPSA) is 64.2 Å². The van der Waals surface area contributed by atoms with Crippen molar-refractivity contribution < 1.29 is 9.32 Å². The van der Waals surface area contributed by atoms with Crippen LogP contribution in [0, 0.1) is 13.8 Å². The fraction of sp³-hybridized carbons (Fsp3) is 0.562. The first-order valence-corrected chi connectivity index (χ1v) is 8.32. The minimum Gasteiger partial charge on any atom is -0.344 e. The van der Waals surface area contributed by atoms with E-state index < -0.39 is 0 Å². The normalized spacial score (nSPS) is 18.4. The number of likely N-dealkylation sites (tertiary alicyclic amines) is 1. The van der Waals surface area contributed by atoms with Gasteiger partial charge in [-0.2, -0.15) is 0 Å². The van der Waals surface area contributed by atoms with Gasteiger partial charge < -0.3 is 14.0 Å². The largest absolute Gasteiger partial charge is 0.344 e. The van der Waals surface area contributed by atoms with E-state index in [1.54, 1.807) is 0 Å². The molecule has 0 saturated carbocycles. The number of imidazole rings is 1. The Labute approximate surface area is 140 Å². The number of aromatic nitrogens is 3. The van der Waals surface area contributed by atoms with E-state index in [0.29, 0.717) is 24.1 Å². The molecule has 2 aromatic rings. The van der Waals surface area contributed by atoms with Gasteiger partial charge in [-0.25, -0.2) is 4.98 Å². The number of carbonyl (C=O) groups excluding carboxylic acids is 1. The fourth-order valence-electron chi connectivity index (χ4n) is 3.21. The van der Waals surface area contributed by atoms with E-state index >= 15 is 0 Å². The van der Waals surface area contributed by atoms with Crippen molar-refractivity contribution in [3.05, 3.63) is 34.7 Å². The number of nitrogens with zero attached hydrogens (tertiary/aromatic N) is 4. The summed E-state index contributed by atoms with van der Waals surface area (Å²) in [5, 5.41) is 4.11. The lowest BCUT2D eigenvalue weighted by Gasteiger charge is -2.34. The van der Waals surface area contributed by atoms with Gasteiger partial charge in [-0.05, 0) is 44.7 Å². The number of hydrogen-bond acceptors (Lipinski definition) is 4. The highest BCUT2D eigenvalue weighted by Crippen LogP contribution is 2.24. The SMILES string of the molecule is Cc1noc(Cl)c1CCC(=O)N1CCC[C@@H](n2ccnc2C)C1. The molecule has 0 aliphatic carbocycles. The summed E-state index contributed by atoms with van der Waals surface area (Å²) in [6.45, 7) is 5.40. The standard InChI is InChI=1S/C16H21ClN4O2/c1-11-14(16(17)23-19-11)5-6-15(22)20-8-3-4-13(10-20)21-9-7-18-12(21)2/h7,9,13H,3-6,8,10H2,1-2H3/t13-/m1/s1. The number of carbonyl (C=O) groups is 1. The number of amides is 1. The van der Waals surface area contributed by atoms with Crippen LogP contribution in [0.1, 0.15) is 42.4 Å². The molecule has 1 atom stereocenters. The van der Waals surface area contributed by atoms with Crippen molar-refractivity contribution in [1.29, 1.82) is 0 Å². The van der Waals surface area contributed by atoms with Crippen molar-refractivity contribution in [2.45, 2.75) is 45.6 Å². The molecule has 1 amide bonds. The summed E-state index contributed by atoms with van der Waals surface area (Å²) in [5.41, 5.74) is 1.59. The molecule has 6 nitrogen and oxygen atoms in total. The molecule has 23 heavy (non-hydrogen) atoms. The van der Waals surface area contributed by atoms with Crippen LogP contribution in [0.4, 0.5) is 0 Å². The predicted octanol–water partition coefficient (Wildman–Crippen LogP) is 2.94. The van der Waals surface area contributed by atoms with Crippen molar-refractivity contribution >= 4 is 17.5 Å². The van der Waals surface area contributed by atoms with Gasteiger partial charge in [0.25, 0.3) is 0 Å². The van der Waals surface area contributed by atoms with Crippen LogP contribution in [-0.2, 0) is 11.2 Å². The summed E-state index contributed by atoms with van der Waals surface area (Å²) < 4.78 is 7.10. The molecule has 1 aliphatic rings. The Morgan fingerprint density at radius 3 is 2.96 bits per heavy atom. The molecule has 0 radical (unpaired) electrons. The lowest BCUT2D eigenvalue weighted by atomic mass is 10.0. The Morgan fingerprint density at radius 2 is 2.30 bits per heavy atom. The average molecular weight is 337 g/mol. The molecular weight excluding hydrogens is 316 g/mol. The molecule has 0 bridgehead atoms. The molecule has 0 spiro atoms. The van der Waals surface area contributed by atoms with Crippen molar-refractivity contribution in [3.63, 3.8) is 0 Å². The lowest BCUT2D eigenvalue weighted by molar-refractivity contribution is -0.132. The summed E-state index contributed by atoms with van der Waals surface area (Å²) in [6.07, 6.45) is 6.90. The van der Waals surface area contributed by atoms with Gasteiger partial charge in [0.05, 0.1) is 11.7 Å². The maximum Gasteiger partial charge on any atom is 0.229 e. The van der Waals surface area contributed by atoms with Crippen LogP contribution in [0.3, 0.4) is 0 Å². The Morgan fingerprint density at radius 1 is 1.48 bits per heavy atom. The van der Waals surface area contributed by atoms with Crippen LogP contribution in [0.5, 0.6) is 0 Å². The van der Waals surface area contributed by atoms with E-state index in [4.69, 9.17) is 16.1 Å². The fourth-order valence-corrected chi connectivity index (χ4v) is 3.48. The first-order chi connectivity index (χ1) is 11.1. The van der Waals surface area contributed by atoms with E-state index in [0.717, 1.165) is 43.0 Å². The quantitative estimate of drug-likeness (QED) is 0.861. The second kappa shape index (κ2) is 6.74. The summed E-state index contributed by atoms with van der Waals surface area (Å²) >= 11 is 5.96. The average Bonchev–Trinajstić information content (AvgIpc) is 3.11. The van der Waals surface area contributed by atoms with Crippen molar-refractivity contribution in [3.8, 4) is 0 Å². The molecule has 2 aromatic heterocycles. The molecule has 1 saturated heterocycles. The van der Waals surface area contributed by atoms with E-state index in [1.807, 2.05) is 31.1 Å². The van der Waals surface area contributed by atoms with Crippen LogP contribution in [0.15, 0.2) is 16.9 Å². The van der Waals surface area contributed by atoms with Crippen molar-refractivity contribution in [1.82, 2.24) is 19.6 Å². The zero-order valence-electron chi connectivity index (χ0n) is 13.5. The number of piperidine rings is 1. The molecule has 0 aromatic carbocycles. The zero-order chi connectivity index (χ0) is 16.4. The minimum absolute atomic E-state index is 0.157. The van der Waals surface area contributed by atoms with Gasteiger partial charge in [0.15, 0.2) is 0 Å². The van der Waals surface area contributed by atoms with Crippen LogP contribution < -0.4 is 0 Å². The molecule has 1 fully saturated rings. The highest BCUT2D eigenvalue weighted by Gasteiger charge is 2.25. The van der Waals surface area contributed by atoms with E-state index in [1.165, 1.54) is 0 Å². The third-order valence-electron chi connectivity index (χ3n) is 4.53. The Kier molecular flexibility index (Phi) is 4.71. The van der Waals surface area contributed by atoms with E-state index in [2.05, 4.69) is 14.7 Å². The molecule has 0 N–H and O–H groups in total. The lowest BCUT2D eigenvalue weighted by Crippen LogP contribution is -2.40. The van der Waals surface area contributed by atoms with Crippen LogP contribution in [0.2, 0.25) is 5.22 Å². The molecule has 3 heterocycles. The highest BCUT2D eigenvalue weighted by molar-refractivity contribution is 6.29. The van der Waals surface area contributed by atoms with Gasteiger partial charge in [-0.1, -0.05) is 5.16 Å². The predicted molar refractivity (Wildman–Crippen MR) is 86.4 cm³/mol. The molecule has 124 valence electrons. The van der Waals surface area contributed by atoms with Gasteiger partial charge in [-0.15, -0.1) is 0 Å². The van der Waals surface area contributed by atoms with Gasteiger partial charge in [0.2, 0.25) is 11.1 Å². The molecule has 7 heteroatoms. The van der Waals surface area contributed by atoms with Crippen molar-refractivity contribution in [2.75, 3.05) is 13.1 Å². The first kappa shape index (κ1) is 16.1. The van der Waals surface area contributed by atoms with E-state index in [-0.39, 0.29) is 5.91 Å². The maximum absolute atomic E-state index is 12.5. The summed E-state index contributed by atoms with van der Waals surface area (Å²) in [7, 11) is 0. The third kappa shape index (κ3) is 3.42. The monoisotopic (exact) mass is 336 g/mol. The van der Waals surface area contributed by atoms with Crippen LogP contribution in [0.25, 0.3) is 0 Å². The second-order valence-corrected chi connectivity index (χ2v) is 6.38.